The van der Waals surface area contributed by atoms with E-state index < -0.39 is 0 Å². The molecule has 2 rings (SSSR count). The van der Waals surface area contributed by atoms with Gasteiger partial charge in [-0.2, -0.15) is 16.4 Å². The number of aryl methyl sites for hydroxylation is 2. The van der Waals surface area contributed by atoms with Gasteiger partial charge in [-0.25, -0.2) is 0 Å². The molecule has 3 nitrogen and oxygen atoms in total. The molecule has 0 aromatic carbocycles. The first kappa shape index (κ1) is 11.6. The Morgan fingerprint density at radius 3 is 2.88 bits per heavy atom. The normalized spacial score (nSPS) is 13.0. The van der Waals surface area contributed by atoms with Crippen molar-refractivity contribution < 1.29 is 0 Å². The summed E-state index contributed by atoms with van der Waals surface area (Å²) in [6.07, 6.45) is 1.65. The number of hydrogen-bond acceptors (Lipinski definition) is 3. The van der Waals surface area contributed by atoms with Gasteiger partial charge in [0.25, 0.3) is 0 Å². The maximum atomic E-state index is 6.24. The molecule has 2 aromatic heterocycles. The fourth-order valence-corrected chi connectivity index (χ4v) is 2.92. The summed E-state index contributed by atoms with van der Waals surface area (Å²) >= 11 is 7.79. The molecule has 0 amide bonds. The van der Waals surface area contributed by atoms with Gasteiger partial charge in [-0.1, -0.05) is 11.6 Å². The molecule has 2 N–H and O–H groups in total. The second-order valence-electron chi connectivity index (χ2n) is 3.68. The number of halogens is 1. The highest BCUT2D eigenvalue weighted by Crippen LogP contribution is 2.29. The molecule has 0 radical (unpaired) electrons. The van der Waals surface area contributed by atoms with Gasteiger partial charge in [0.15, 0.2) is 0 Å². The Labute approximate surface area is 104 Å². The van der Waals surface area contributed by atoms with Crippen LogP contribution in [0.15, 0.2) is 17.0 Å². The highest BCUT2D eigenvalue weighted by Gasteiger charge is 2.19. The van der Waals surface area contributed by atoms with Crippen LogP contribution in [0.1, 0.15) is 29.8 Å². The largest absolute Gasteiger partial charge is 0.319 e. The molecular weight excluding hydrogens is 242 g/mol. The summed E-state index contributed by atoms with van der Waals surface area (Å²) in [6.45, 7) is 4.87. The molecule has 0 aliphatic carbocycles. The molecule has 0 saturated carbocycles. The number of rotatable bonds is 3. The van der Waals surface area contributed by atoms with Crippen LogP contribution < -0.4 is 5.73 Å². The van der Waals surface area contributed by atoms with Crippen LogP contribution in [0, 0.1) is 6.92 Å². The quantitative estimate of drug-likeness (QED) is 0.916. The van der Waals surface area contributed by atoms with Crippen molar-refractivity contribution in [3.8, 4) is 0 Å². The van der Waals surface area contributed by atoms with Crippen molar-refractivity contribution in [1.29, 1.82) is 0 Å². The third kappa shape index (κ3) is 1.88. The molecule has 5 heteroatoms. The summed E-state index contributed by atoms with van der Waals surface area (Å²) in [5.74, 6) is 0. The van der Waals surface area contributed by atoms with Crippen molar-refractivity contribution in [2.45, 2.75) is 26.4 Å². The molecular formula is C11H14ClN3S. The fraction of sp³-hybridized carbons (Fsp3) is 0.364. The van der Waals surface area contributed by atoms with Gasteiger partial charge in [0, 0.05) is 6.54 Å². The van der Waals surface area contributed by atoms with E-state index in [9.17, 15) is 0 Å². The molecule has 2 heterocycles. The van der Waals surface area contributed by atoms with E-state index in [-0.39, 0.29) is 6.04 Å². The van der Waals surface area contributed by atoms with Crippen LogP contribution in [0.4, 0.5) is 0 Å². The Morgan fingerprint density at radius 1 is 1.56 bits per heavy atom. The Balaban J connectivity index is 2.44. The van der Waals surface area contributed by atoms with Gasteiger partial charge in [-0.15, -0.1) is 0 Å². The van der Waals surface area contributed by atoms with E-state index in [1.807, 2.05) is 11.6 Å². The number of hydrogen-bond donors (Lipinski definition) is 1. The van der Waals surface area contributed by atoms with Crippen LogP contribution in [-0.4, -0.2) is 9.78 Å². The standard InChI is InChI=1S/C11H14ClN3S/c1-3-15-11(9(12)4-14-15)10(13)8-6-16-5-7(8)2/h4-6,10H,3,13H2,1-2H3. The summed E-state index contributed by atoms with van der Waals surface area (Å²) in [6, 6.07) is -0.193. The van der Waals surface area contributed by atoms with Crippen LogP contribution in [-0.2, 0) is 6.54 Å². The number of nitrogens with zero attached hydrogens (tertiary/aromatic N) is 2. The summed E-state index contributed by atoms with van der Waals surface area (Å²) in [5, 5.41) is 9.01. The molecule has 16 heavy (non-hydrogen) atoms. The maximum absolute atomic E-state index is 6.24. The number of aromatic nitrogens is 2. The van der Waals surface area contributed by atoms with E-state index >= 15 is 0 Å². The van der Waals surface area contributed by atoms with Gasteiger partial charge in [-0.05, 0) is 35.7 Å². The minimum Gasteiger partial charge on any atom is -0.319 e. The number of thiophene rings is 1. The van der Waals surface area contributed by atoms with E-state index in [1.54, 1.807) is 17.5 Å². The Kier molecular flexibility index (Phi) is 3.33. The highest BCUT2D eigenvalue weighted by molar-refractivity contribution is 7.08. The second-order valence-corrected chi connectivity index (χ2v) is 4.83. The minimum absolute atomic E-state index is 0.193. The molecule has 0 aliphatic rings. The Hall–Kier alpha value is -0.840. The molecule has 1 unspecified atom stereocenters. The van der Waals surface area contributed by atoms with Crippen LogP contribution in [0.25, 0.3) is 0 Å². The average Bonchev–Trinajstić information content (AvgIpc) is 2.83. The van der Waals surface area contributed by atoms with Crippen molar-refractivity contribution in [2.24, 2.45) is 5.73 Å². The average molecular weight is 256 g/mol. The molecule has 1 atom stereocenters. The van der Waals surface area contributed by atoms with E-state index in [2.05, 4.69) is 22.8 Å². The van der Waals surface area contributed by atoms with E-state index in [0.717, 1.165) is 17.8 Å². The zero-order chi connectivity index (χ0) is 11.7. The van der Waals surface area contributed by atoms with E-state index in [1.165, 1.54) is 5.56 Å². The zero-order valence-electron chi connectivity index (χ0n) is 9.27. The third-order valence-electron chi connectivity index (χ3n) is 2.66. The SMILES string of the molecule is CCn1ncc(Cl)c1C(N)c1cscc1C. The number of nitrogens with two attached hydrogens (primary N) is 1. The lowest BCUT2D eigenvalue weighted by Gasteiger charge is -2.14. The van der Waals surface area contributed by atoms with Gasteiger partial charge in [-0.3, -0.25) is 4.68 Å². The van der Waals surface area contributed by atoms with E-state index in [0.29, 0.717) is 5.02 Å². The van der Waals surface area contributed by atoms with Crippen molar-refractivity contribution in [1.82, 2.24) is 9.78 Å². The monoisotopic (exact) mass is 255 g/mol. The Morgan fingerprint density at radius 2 is 2.31 bits per heavy atom. The third-order valence-corrected chi connectivity index (χ3v) is 3.83. The first-order valence-electron chi connectivity index (χ1n) is 5.14. The fourth-order valence-electron chi connectivity index (χ4n) is 1.77. The topological polar surface area (TPSA) is 43.8 Å². The molecule has 0 saturated heterocycles. The summed E-state index contributed by atoms with van der Waals surface area (Å²) in [5.41, 5.74) is 9.47. The lowest BCUT2D eigenvalue weighted by Crippen LogP contribution is -2.17. The lowest BCUT2D eigenvalue weighted by atomic mass is 10.0. The second kappa shape index (κ2) is 4.57. The molecule has 0 spiro atoms. The molecule has 0 bridgehead atoms. The van der Waals surface area contributed by atoms with Crippen molar-refractivity contribution >= 4 is 22.9 Å². The summed E-state index contributed by atoms with van der Waals surface area (Å²) in [7, 11) is 0. The maximum Gasteiger partial charge on any atom is 0.0837 e. The highest BCUT2D eigenvalue weighted by atomic mass is 35.5. The van der Waals surface area contributed by atoms with Crippen LogP contribution in [0.5, 0.6) is 0 Å². The smallest absolute Gasteiger partial charge is 0.0837 e. The summed E-state index contributed by atoms with van der Waals surface area (Å²) < 4.78 is 1.85. The predicted octanol–water partition coefficient (Wildman–Crippen LogP) is 2.97. The van der Waals surface area contributed by atoms with Gasteiger partial charge < -0.3 is 5.73 Å². The summed E-state index contributed by atoms with van der Waals surface area (Å²) in [4.78, 5) is 0. The van der Waals surface area contributed by atoms with Gasteiger partial charge in [0.1, 0.15) is 0 Å². The van der Waals surface area contributed by atoms with E-state index in [4.69, 9.17) is 17.3 Å². The first-order valence-corrected chi connectivity index (χ1v) is 6.46. The van der Waals surface area contributed by atoms with Crippen LogP contribution in [0.3, 0.4) is 0 Å². The Bertz CT molecular complexity index is 489. The van der Waals surface area contributed by atoms with Crippen molar-refractivity contribution in [3.05, 3.63) is 38.8 Å². The lowest BCUT2D eigenvalue weighted by molar-refractivity contribution is 0.600. The van der Waals surface area contributed by atoms with Gasteiger partial charge in [0.2, 0.25) is 0 Å². The molecule has 2 aromatic rings. The van der Waals surface area contributed by atoms with Gasteiger partial charge >= 0.3 is 0 Å². The van der Waals surface area contributed by atoms with Crippen molar-refractivity contribution in [3.63, 3.8) is 0 Å². The minimum atomic E-state index is -0.193. The molecule has 86 valence electrons. The van der Waals surface area contributed by atoms with Crippen LogP contribution in [0.2, 0.25) is 5.02 Å². The van der Waals surface area contributed by atoms with Crippen molar-refractivity contribution in [2.75, 3.05) is 0 Å². The predicted molar refractivity (Wildman–Crippen MR) is 68.0 cm³/mol. The first-order chi connectivity index (χ1) is 7.65. The van der Waals surface area contributed by atoms with Gasteiger partial charge in [0.05, 0.1) is 23.0 Å². The molecule has 0 aliphatic heterocycles. The zero-order valence-corrected chi connectivity index (χ0v) is 10.8. The van der Waals surface area contributed by atoms with Crippen LogP contribution >= 0.6 is 22.9 Å². The molecule has 0 fully saturated rings.